The minimum atomic E-state index is -1.01. The van der Waals surface area contributed by atoms with Crippen LogP contribution in [0.4, 0.5) is 0 Å². The molecule has 1 aliphatic rings. The molecular formula is C14H16Cl2N2O3. The van der Waals surface area contributed by atoms with E-state index in [1.54, 1.807) is 0 Å². The zero-order chi connectivity index (χ0) is 15.6. The summed E-state index contributed by atoms with van der Waals surface area (Å²) < 4.78 is 4.35. The van der Waals surface area contributed by atoms with Crippen molar-refractivity contribution in [2.45, 2.75) is 24.6 Å². The minimum Gasteiger partial charge on any atom is -0.484 e. The van der Waals surface area contributed by atoms with Gasteiger partial charge in [-0.3, -0.25) is 20.4 Å². The Morgan fingerprint density at radius 1 is 1.24 bits per heavy atom. The van der Waals surface area contributed by atoms with E-state index in [0.29, 0.717) is 12.2 Å². The van der Waals surface area contributed by atoms with Gasteiger partial charge in [-0.1, -0.05) is 6.07 Å². The van der Waals surface area contributed by atoms with Crippen LogP contribution in [0.2, 0.25) is 0 Å². The standard InChI is InChI=1S/C14H16Cl2N2O3/c1-8-3-9(2)5-10(4-8)21-7-12(19)17-18-13(20)11-6-14(11,15)16/h3-5,11H,6-7H2,1-2H3,(H,17,19)(H,18,20). The van der Waals surface area contributed by atoms with Crippen LogP contribution in [-0.2, 0) is 9.59 Å². The highest BCUT2D eigenvalue weighted by atomic mass is 35.5. The summed E-state index contributed by atoms with van der Waals surface area (Å²) in [5, 5.41) is 0. The van der Waals surface area contributed by atoms with Crippen molar-refractivity contribution >= 4 is 35.0 Å². The lowest BCUT2D eigenvalue weighted by molar-refractivity contribution is -0.130. The van der Waals surface area contributed by atoms with Crippen LogP contribution in [0.5, 0.6) is 5.75 Å². The summed E-state index contributed by atoms with van der Waals surface area (Å²) in [6, 6.07) is 5.67. The number of alkyl halides is 2. The first-order valence-corrected chi connectivity index (χ1v) is 7.21. The van der Waals surface area contributed by atoms with Crippen LogP contribution in [0.1, 0.15) is 17.5 Å². The van der Waals surface area contributed by atoms with E-state index in [9.17, 15) is 9.59 Å². The Morgan fingerprint density at radius 2 is 1.81 bits per heavy atom. The Hall–Kier alpha value is -1.46. The van der Waals surface area contributed by atoms with Crippen LogP contribution >= 0.6 is 23.2 Å². The Morgan fingerprint density at radius 3 is 2.33 bits per heavy atom. The molecule has 1 unspecified atom stereocenters. The first kappa shape index (κ1) is 15.9. The number of benzene rings is 1. The largest absolute Gasteiger partial charge is 0.484 e. The van der Waals surface area contributed by atoms with Crippen LogP contribution < -0.4 is 15.6 Å². The van der Waals surface area contributed by atoms with Crippen molar-refractivity contribution in [1.29, 1.82) is 0 Å². The molecular weight excluding hydrogens is 315 g/mol. The molecule has 2 N–H and O–H groups in total. The fraction of sp³-hybridized carbons (Fsp3) is 0.429. The predicted octanol–water partition coefficient (Wildman–Crippen LogP) is 2.02. The number of amides is 2. The first-order valence-electron chi connectivity index (χ1n) is 6.45. The zero-order valence-corrected chi connectivity index (χ0v) is 13.2. The molecule has 7 heteroatoms. The maximum Gasteiger partial charge on any atom is 0.276 e. The third-order valence-corrected chi connectivity index (χ3v) is 3.87. The molecule has 21 heavy (non-hydrogen) atoms. The second kappa shape index (κ2) is 6.12. The second-order valence-electron chi connectivity index (χ2n) is 5.17. The molecule has 1 aliphatic carbocycles. The number of halogens is 2. The Labute approximate surface area is 132 Å². The highest BCUT2D eigenvalue weighted by Gasteiger charge is 2.56. The number of rotatable bonds is 4. The smallest absolute Gasteiger partial charge is 0.276 e. The van der Waals surface area contributed by atoms with Crippen molar-refractivity contribution < 1.29 is 14.3 Å². The molecule has 1 aromatic rings. The quantitative estimate of drug-likeness (QED) is 0.655. The van der Waals surface area contributed by atoms with Crippen molar-refractivity contribution in [1.82, 2.24) is 10.9 Å². The molecule has 0 bridgehead atoms. The van der Waals surface area contributed by atoms with Gasteiger partial charge >= 0.3 is 0 Å². The van der Waals surface area contributed by atoms with E-state index in [1.807, 2.05) is 32.0 Å². The summed E-state index contributed by atoms with van der Waals surface area (Å²) in [4.78, 5) is 23.1. The molecule has 0 spiro atoms. The molecule has 1 fully saturated rings. The summed E-state index contributed by atoms with van der Waals surface area (Å²) in [7, 11) is 0. The minimum absolute atomic E-state index is 0.194. The van der Waals surface area contributed by atoms with Crippen molar-refractivity contribution in [3.05, 3.63) is 29.3 Å². The second-order valence-corrected chi connectivity index (χ2v) is 6.71. The van der Waals surface area contributed by atoms with Crippen LogP contribution in [0.3, 0.4) is 0 Å². The summed E-state index contributed by atoms with van der Waals surface area (Å²) >= 11 is 11.5. The molecule has 1 atom stereocenters. The lowest BCUT2D eigenvalue weighted by Gasteiger charge is -2.10. The highest BCUT2D eigenvalue weighted by Crippen LogP contribution is 2.53. The lowest BCUT2D eigenvalue weighted by atomic mass is 10.1. The van der Waals surface area contributed by atoms with E-state index in [0.717, 1.165) is 11.1 Å². The summed E-state index contributed by atoms with van der Waals surface area (Å²) in [5.74, 6) is -0.740. The maximum atomic E-state index is 11.6. The van der Waals surface area contributed by atoms with Crippen molar-refractivity contribution in [3.63, 3.8) is 0 Å². The molecule has 0 aromatic heterocycles. The van der Waals surface area contributed by atoms with Crippen molar-refractivity contribution in [2.24, 2.45) is 5.92 Å². The van der Waals surface area contributed by atoms with E-state index < -0.39 is 22.1 Å². The van der Waals surface area contributed by atoms with Crippen LogP contribution in [0, 0.1) is 19.8 Å². The van der Waals surface area contributed by atoms with Gasteiger partial charge in [0.25, 0.3) is 5.91 Å². The topological polar surface area (TPSA) is 67.4 Å². The summed E-state index contributed by atoms with van der Waals surface area (Å²) in [5.41, 5.74) is 6.63. The Bertz CT molecular complexity index is 555. The van der Waals surface area contributed by atoms with E-state index >= 15 is 0 Å². The average Bonchev–Trinajstić information content (AvgIpc) is 3.01. The van der Waals surface area contributed by atoms with Gasteiger partial charge in [-0.25, -0.2) is 0 Å². The van der Waals surface area contributed by atoms with E-state index in [1.165, 1.54) is 0 Å². The molecule has 2 rings (SSSR count). The third kappa shape index (κ3) is 4.51. The number of hydrogen-bond donors (Lipinski definition) is 2. The fourth-order valence-corrected chi connectivity index (χ4v) is 2.42. The van der Waals surface area contributed by atoms with Gasteiger partial charge in [0.2, 0.25) is 5.91 Å². The average molecular weight is 331 g/mol. The number of carbonyl (C=O) groups is 2. The molecule has 0 saturated heterocycles. The SMILES string of the molecule is Cc1cc(C)cc(OCC(=O)NNC(=O)C2CC2(Cl)Cl)c1. The number of carbonyl (C=O) groups excluding carboxylic acids is 2. The van der Waals surface area contributed by atoms with Crippen LogP contribution in [0.25, 0.3) is 0 Å². The van der Waals surface area contributed by atoms with Crippen LogP contribution in [0.15, 0.2) is 18.2 Å². The van der Waals surface area contributed by atoms with Gasteiger partial charge in [-0.2, -0.15) is 0 Å². The number of ether oxygens (including phenoxy) is 1. The fourth-order valence-electron chi connectivity index (χ4n) is 1.92. The molecule has 0 heterocycles. The van der Waals surface area contributed by atoms with Crippen molar-refractivity contribution in [2.75, 3.05) is 6.61 Å². The normalized spacial score (nSPS) is 18.8. The van der Waals surface area contributed by atoms with E-state index in [-0.39, 0.29) is 6.61 Å². The number of hydrogen-bond acceptors (Lipinski definition) is 3. The van der Waals surface area contributed by atoms with Gasteiger partial charge in [0.1, 0.15) is 10.1 Å². The Balaban J connectivity index is 1.74. The highest BCUT2D eigenvalue weighted by molar-refractivity contribution is 6.52. The molecule has 0 radical (unpaired) electrons. The van der Waals surface area contributed by atoms with Crippen molar-refractivity contribution in [3.8, 4) is 5.75 Å². The van der Waals surface area contributed by atoms with Gasteiger partial charge in [0, 0.05) is 0 Å². The summed E-state index contributed by atoms with van der Waals surface area (Å²) in [6.45, 7) is 3.70. The van der Waals surface area contributed by atoms with E-state index in [2.05, 4.69) is 10.9 Å². The number of hydrazine groups is 1. The van der Waals surface area contributed by atoms with Gasteiger partial charge in [0.15, 0.2) is 6.61 Å². The molecule has 1 saturated carbocycles. The zero-order valence-electron chi connectivity index (χ0n) is 11.7. The van der Waals surface area contributed by atoms with Crippen LogP contribution in [-0.4, -0.2) is 22.8 Å². The van der Waals surface area contributed by atoms with Gasteiger partial charge in [-0.05, 0) is 43.5 Å². The molecule has 5 nitrogen and oxygen atoms in total. The third-order valence-electron chi connectivity index (χ3n) is 3.03. The van der Waals surface area contributed by atoms with E-state index in [4.69, 9.17) is 27.9 Å². The number of aryl methyl sites for hydroxylation is 2. The lowest BCUT2D eigenvalue weighted by Crippen LogP contribution is -2.45. The maximum absolute atomic E-state index is 11.6. The Kier molecular flexibility index (Phi) is 4.64. The molecule has 2 amide bonds. The summed E-state index contributed by atoms with van der Waals surface area (Å²) in [6.07, 6.45) is 0.386. The number of nitrogens with one attached hydrogen (secondary N) is 2. The van der Waals surface area contributed by atoms with Gasteiger partial charge < -0.3 is 4.74 Å². The monoisotopic (exact) mass is 330 g/mol. The molecule has 114 valence electrons. The van der Waals surface area contributed by atoms with Gasteiger partial charge in [-0.15, -0.1) is 23.2 Å². The predicted molar refractivity (Wildman–Crippen MR) is 80.2 cm³/mol. The van der Waals surface area contributed by atoms with Gasteiger partial charge in [0.05, 0.1) is 5.92 Å². The molecule has 0 aliphatic heterocycles. The first-order chi connectivity index (χ1) is 9.78. The molecule has 1 aromatic carbocycles.